The highest BCUT2D eigenvalue weighted by atomic mass is 16.5. The normalized spacial score (nSPS) is 26.1. The number of nitrogens with zero attached hydrogens (tertiary/aromatic N) is 5. The molecule has 1 aliphatic heterocycles. The number of H-pyrrole nitrogens is 1. The maximum atomic E-state index is 5.57. The number of benzene rings is 1. The number of hydrogen-bond acceptors (Lipinski definition) is 7. The Bertz CT molecular complexity index is 1490. The van der Waals surface area contributed by atoms with E-state index in [1.54, 1.807) is 6.33 Å². The van der Waals surface area contributed by atoms with E-state index in [1.807, 2.05) is 6.20 Å². The van der Waals surface area contributed by atoms with Gasteiger partial charge in [0.1, 0.15) is 17.8 Å². The number of morpholine rings is 1. The predicted molar refractivity (Wildman–Crippen MR) is 165 cm³/mol. The molecule has 0 bridgehead atoms. The minimum absolute atomic E-state index is 0.430. The number of aromatic amines is 1. The monoisotopic (exact) mass is 553 g/mol. The fourth-order valence-corrected chi connectivity index (χ4v) is 7.67. The van der Waals surface area contributed by atoms with Crippen LogP contribution in [0.4, 0.5) is 5.82 Å². The number of rotatable bonds is 6. The van der Waals surface area contributed by atoms with Crippen LogP contribution in [-0.2, 0) is 4.74 Å². The molecule has 0 radical (unpaired) electrons. The third kappa shape index (κ3) is 5.45. The minimum atomic E-state index is 0.430. The van der Waals surface area contributed by atoms with Gasteiger partial charge in [0.15, 0.2) is 0 Å². The summed E-state index contributed by atoms with van der Waals surface area (Å²) in [6.45, 7) is 3.89. The Morgan fingerprint density at radius 2 is 1.76 bits per heavy atom. The summed E-state index contributed by atoms with van der Waals surface area (Å²) in [5.41, 5.74) is 5.70. The van der Waals surface area contributed by atoms with Crippen molar-refractivity contribution >= 4 is 27.8 Å². The van der Waals surface area contributed by atoms with E-state index in [-0.39, 0.29) is 0 Å². The van der Waals surface area contributed by atoms with Crippen LogP contribution in [-0.4, -0.2) is 88.3 Å². The van der Waals surface area contributed by atoms with E-state index in [1.165, 1.54) is 55.2 Å². The summed E-state index contributed by atoms with van der Waals surface area (Å²) in [4.78, 5) is 22.6. The lowest BCUT2D eigenvalue weighted by Crippen LogP contribution is -2.46. The second-order valence-electron chi connectivity index (χ2n) is 12.6. The van der Waals surface area contributed by atoms with Crippen LogP contribution in [0.1, 0.15) is 62.8 Å². The first-order chi connectivity index (χ1) is 20.1. The molecule has 0 spiro atoms. The quantitative estimate of drug-likeness (QED) is 0.312. The molecule has 4 heterocycles. The van der Waals surface area contributed by atoms with Crippen LogP contribution in [0.5, 0.6) is 0 Å². The highest BCUT2D eigenvalue weighted by molar-refractivity contribution is 6.12. The van der Waals surface area contributed by atoms with Gasteiger partial charge in [-0.3, -0.25) is 9.88 Å². The van der Waals surface area contributed by atoms with Gasteiger partial charge in [0.25, 0.3) is 0 Å². The van der Waals surface area contributed by atoms with Crippen molar-refractivity contribution in [3.8, 4) is 11.1 Å². The van der Waals surface area contributed by atoms with E-state index in [4.69, 9.17) is 14.7 Å². The first-order valence-corrected chi connectivity index (χ1v) is 15.6. The summed E-state index contributed by atoms with van der Waals surface area (Å²) in [7, 11) is 4.43. The lowest BCUT2D eigenvalue weighted by molar-refractivity contribution is 0.00791. The average molecular weight is 554 g/mol. The SMILES string of the molecule is CN(C)C1CCCCC1c1cncc(-c2ccc3[nH]c4ncnc(NC5CCC(N6CCOCC6)CC5)c4c3c2)c1. The molecule has 4 aromatic rings. The first-order valence-electron chi connectivity index (χ1n) is 15.6. The van der Waals surface area contributed by atoms with E-state index in [2.05, 4.69) is 69.6 Å². The zero-order chi connectivity index (χ0) is 27.8. The van der Waals surface area contributed by atoms with Crippen LogP contribution in [0.3, 0.4) is 0 Å². The second kappa shape index (κ2) is 11.7. The molecule has 2 atom stereocenters. The van der Waals surface area contributed by atoms with Gasteiger partial charge >= 0.3 is 0 Å². The molecule has 1 aromatic carbocycles. The Hall–Kier alpha value is -3.07. The zero-order valence-electron chi connectivity index (χ0n) is 24.5. The average Bonchev–Trinajstić information content (AvgIpc) is 3.41. The first kappa shape index (κ1) is 26.8. The highest BCUT2D eigenvalue weighted by Gasteiger charge is 2.29. The molecule has 2 unspecified atom stereocenters. The van der Waals surface area contributed by atoms with Crippen LogP contribution in [0.15, 0.2) is 43.0 Å². The summed E-state index contributed by atoms with van der Waals surface area (Å²) < 4.78 is 5.57. The second-order valence-corrected chi connectivity index (χ2v) is 12.6. The molecule has 3 aromatic heterocycles. The van der Waals surface area contributed by atoms with Crippen LogP contribution < -0.4 is 5.32 Å². The van der Waals surface area contributed by atoms with Crippen molar-refractivity contribution in [1.82, 2.24) is 29.7 Å². The Kier molecular flexibility index (Phi) is 7.63. The van der Waals surface area contributed by atoms with Crippen molar-refractivity contribution in [3.05, 3.63) is 48.5 Å². The summed E-state index contributed by atoms with van der Waals surface area (Å²) in [5.74, 6) is 1.47. The molecule has 2 N–H and O–H groups in total. The molecule has 7 rings (SSSR count). The number of fused-ring (bicyclic) bond motifs is 3. The number of nitrogens with one attached hydrogen (secondary N) is 2. The van der Waals surface area contributed by atoms with Gasteiger partial charge in [0.2, 0.25) is 0 Å². The lowest BCUT2D eigenvalue weighted by atomic mass is 9.79. The van der Waals surface area contributed by atoms with Crippen LogP contribution in [0.2, 0.25) is 0 Å². The van der Waals surface area contributed by atoms with Crippen LogP contribution in [0, 0.1) is 0 Å². The number of ether oxygens (including phenoxy) is 1. The third-order valence-corrected chi connectivity index (χ3v) is 9.90. The van der Waals surface area contributed by atoms with Gasteiger partial charge in [0, 0.05) is 66.0 Å². The molecule has 8 nitrogen and oxygen atoms in total. The standard InChI is InChI=1S/C33H43N7O/c1-39(2)30-6-4-3-5-27(30)24-17-23(19-34-20-24)22-7-12-29-28(18-22)31-32(35-21-36-33(31)38-29)37-25-8-10-26(11-9-25)40-13-15-41-16-14-40/h7,12,17-21,25-27,30H,3-6,8-11,13-16H2,1-2H3,(H2,35,36,37,38). The van der Waals surface area contributed by atoms with Crippen molar-refractivity contribution < 1.29 is 4.74 Å². The number of anilines is 1. The fourth-order valence-electron chi connectivity index (χ4n) is 7.67. The molecular weight excluding hydrogens is 510 g/mol. The predicted octanol–water partition coefficient (Wildman–Crippen LogP) is 5.82. The van der Waals surface area contributed by atoms with Gasteiger partial charge in [-0.25, -0.2) is 9.97 Å². The summed E-state index contributed by atoms with van der Waals surface area (Å²) in [5, 5.41) is 6.07. The molecule has 0 amide bonds. The van der Waals surface area contributed by atoms with E-state index in [0.29, 0.717) is 24.0 Å². The van der Waals surface area contributed by atoms with Gasteiger partial charge in [-0.1, -0.05) is 18.9 Å². The Balaban J connectivity index is 1.15. The largest absolute Gasteiger partial charge is 0.379 e. The molecule has 41 heavy (non-hydrogen) atoms. The van der Waals surface area contributed by atoms with Crippen molar-refractivity contribution in [2.45, 2.75) is 75.4 Å². The minimum Gasteiger partial charge on any atom is -0.379 e. The molecule has 8 heteroatoms. The van der Waals surface area contributed by atoms with Crippen LogP contribution in [0.25, 0.3) is 33.1 Å². The molecule has 1 saturated heterocycles. The smallest absolute Gasteiger partial charge is 0.143 e. The topological polar surface area (TPSA) is 82.2 Å². The number of hydrogen-bond donors (Lipinski definition) is 2. The molecule has 2 aliphatic carbocycles. The lowest BCUT2D eigenvalue weighted by Gasteiger charge is -2.39. The molecule has 3 fully saturated rings. The Morgan fingerprint density at radius 1 is 0.927 bits per heavy atom. The van der Waals surface area contributed by atoms with Gasteiger partial charge in [-0.15, -0.1) is 0 Å². The van der Waals surface area contributed by atoms with Crippen LogP contribution >= 0.6 is 0 Å². The summed E-state index contributed by atoms with van der Waals surface area (Å²) in [6, 6.07) is 10.7. The van der Waals surface area contributed by atoms with Gasteiger partial charge in [-0.05, 0) is 81.9 Å². The Labute approximate surface area is 242 Å². The molecule has 3 aliphatic rings. The van der Waals surface area contributed by atoms with E-state index < -0.39 is 0 Å². The fraction of sp³-hybridized carbons (Fsp3) is 0.545. The van der Waals surface area contributed by atoms with E-state index in [0.717, 1.165) is 66.9 Å². The van der Waals surface area contributed by atoms with Crippen molar-refractivity contribution in [2.75, 3.05) is 45.7 Å². The molecule has 216 valence electrons. The van der Waals surface area contributed by atoms with E-state index >= 15 is 0 Å². The zero-order valence-corrected chi connectivity index (χ0v) is 24.5. The molecular formula is C33H43N7O. The summed E-state index contributed by atoms with van der Waals surface area (Å²) in [6.07, 6.45) is 15.7. The number of aromatic nitrogens is 4. The summed E-state index contributed by atoms with van der Waals surface area (Å²) >= 11 is 0. The maximum Gasteiger partial charge on any atom is 0.143 e. The third-order valence-electron chi connectivity index (χ3n) is 9.90. The Morgan fingerprint density at radius 3 is 2.59 bits per heavy atom. The van der Waals surface area contributed by atoms with Crippen molar-refractivity contribution in [2.24, 2.45) is 0 Å². The molecule has 2 saturated carbocycles. The van der Waals surface area contributed by atoms with Crippen molar-refractivity contribution in [1.29, 1.82) is 0 Å². The highest BCUT2D eigenvalue weighted by Crippen LogP contribution is 2.38. The number of pyridine rings is 1. The van der Waals surface area contributed by atoms with Gasteiger partial charge in [0.05, 0.1) is 18.6 Å². The van der Waals surface area contributed by atoms with E-state index in [9.17, 15) is 0 Å². The van der Waals surface area contributed by atoms with Crippen molar-refractivity contribution in [3.63, 3.8) is 0 Å². The van der Waals surface area contributed by atoms with Gasteiger partial charge < -0.3 is 19.9 Å². The maximum absolute atomic E-state index is 5.57. The number of likely N-dealkylation sites (N-methyl/N-ethyl adjacent to an activating group) is 1. The van der Waals surface area contributed by atoms with Gasteiger partial charge in [-0.2, -0.15) is 0 Å².